The SMILES string of the molecule is C=C(C)C1=CCC2C3CC(C)C4C[C@@H](O)CCC4(C)C3CC[C@]12C. The van der Waals surface area contributed by atoms with Crippen LogP contribution in [-0.4, -0.2) is 11.2 Å². The van der Waals surface area contributed by atoms with Crippen LogP contribution < -0.4 is 0 Å². The minimum atomic E-state index is -0.0425. The Bertz CT molecular complexity index is 575. The first-order valence-electron chi connectivity index (χ1n) is 10.3. The van der Waals surface area contributed by atoms with Gasteiger partial charge in [-0.15, -0.1) is 0 Å². The van der Waals surface area contributed by atoms with Crippen molar-refractivity contribution in [2.24, 2.45) is 40.4 Å². The fraction of sp³-hybridized carbons (Fsp3) is 0.826. The average molecular weight is 329 g/mol. The van der Waals surface area contributed by atoms with E-state index in [0.29, 0.717) is 10.8 Å². The van der Waals surface area contributed by atoms with Crippen LogP contribution in [0.3, 0.4) is 0 Å². The first kappa shape index (κ1) is 16.9. The van der Waals surface area contributed by atoms with E-state index in [1.807, 2.05) is 0 Å². The fourth-order valence-electron chi connectivity index (χ4n) is 7.94. The summed E-state index contributed by atoms with van der Waals surface area (Å²) < 4.78 is 0. The van der Waals surface area contributed by atoms with Crippen LogP contribution in [0.5, 0.6) is 0 Å². The van der Waals surface area contributed by atoms with E-state index in [-0.39, 0.29) is 6.10 Å². The Morgan fingerprint density at radius 1 is 1.12 bits per heavy atom. The van der Waals surface area contributed by atoms with Crippen LogP contribution in [0.2, 0.25) is 0 Å². The Labute approximate surface area is 148 Å². The molecule has 8 atom stereocenters. The van der Waals surface area contributed by atoms with E-state index in [4.69, 9.17) is 0 Å². The molecule has 4 aliphatic rings. The molecule has 3 saturated carbocycles. The zero-order valence-electron chi connectivity index (χ0n) is 16.1. The molecular weight excluding hydrogens is 292 g/mol. The minimum Gasteiger partial charge on any atom is -0.393 e. The number of hydrogen-bond acceptors (Lipinski definition) is 1. The molecule has 24 heavy (non-hydrogen) atoms. The molecule has 3 fully saturated rings. The quantitative estimate of drug-likeness (QED) is 0.650. The summed E-state index contributed by atoms with van der Waals surface area (Å²) in [6.45, 7) is 14.1. The molecule has 4 rings (SSSR count). The van der Waals surface area contributed by atoms with Crippen molar-refractivity contribution >= 4 is 0 Å². The highest BCUT2D eigenvalue weighted by Gasteiger charge is 2.60. The highest BCUT2D eigenvalue weighted by molar-refractivity contribution is 5.38. The van der Waals surface area contributed by atoms with Crippen LogP contribution >= 0.6 is 0 Å². The number of fused-ring (bicyclic) bond motifs is 5. The van der Waals surface area contributed by atoms with Gasteiger partial charge in [0.05, 0.1) is 6.10 Å². The molecule has 0 heterocycles. The summed E-state index contributed by atoms with van der Waals surface area (Å²) in [5.74, 6) is 4.09. The van der Waals surface area contributed by atoms with Crippen LogP contribution in [-0.2, 0) is 0 Å². The lowest BCUT2D eigenvalue weighted by Gasteiger charge is -2.62. The summed E-state index contributed by atoms with van der Waals surface area (Å²) in [6.07, 6.45) is 11.2. The van der Waals surface area contributed by atoms with Crippen molar-refractivity contribution in [1.82, 2.24) is 0 Å². The summed E-state index contributed by atoms with van der Waals surface area (Å²) >= 11 is 0. The number of allylic oxidation sites excluding steroid dienone is 3. The summed E-state index contributed by atoms with van der Waals surface area (Å²) in [6, 6.07) is 0. The molecule has 0 aromatic carbocycles. The molecule has 6 unspecified atom stereocenters. The summed E-state index contributed by atoms with van der Waals surface area (Å²) in [5, 5.41) is 10.2. The topological polar surface area (TPSA) is 20.2 Å². The van der Waals surface area contributed by atoms with Crippen LogP contribution in [0.4, 0.5) is 0 Å². The lowest BCUT2D eigenvalue weighted by atomic mass is 9.43. The Hall–Kier alpha value is -0.560. The molecule has 4 aliphatic carbocycles. The van der Waals surface area contributed by atoms with Gasteiger partial charge in [0.1, 0.15) is 0 Å². The summed E-state index contributed by atoms with van der Waals surface area (Å²) in [5.41, 5.74) is 3.72. The molecule has 1 heteroatoms. The number of aliphatic hydroxyl groups is 1. The van der Waals surface area contributed by atoms with Gasteiger partial charge < -0.3 is 5.11 Å². The lowest BCUT2D eigenvalue weighted by Crippen LogP contribution is -2.56. The molecule has 0 bridgehead atoms. The maximum atomic E-state index is 10.2. The number of rotatable bonds is 1. The van der Waals surface area contributed by atoms with Gasteiger partial charge in [0, 0.05) is 0 Å². The molecule has 0 spiro atoms. The second-order valence-corrected chi connectivity index (χ2v) is 10.2. The molecule has 1 nitrogen and oxygen atoms in total. The summed E-state index contributed by atoms with van der Waals surface area (Å²) in [4.78, 5) is 0. The zero-order chi connectivity index (χ0) is 17.3. The molecule has 0 aromatic heterocycles. The largest absolute Gasteiger partial charge is 0.393 e. The second-order valence-electron chi connectivity index (χ2n) is 10.2. The van der Waals surface area contributed by atoms with Crippen LogP contribution in [0.1, 0.15) is 72.6 Å². The monoisotopic (exact) mass is 328 g/mol. The third kappa shape index (κ3) is 2.16. The fourth-order valence-corrected chi connectivity index (χ4v) is 7.94. The zero-order valence-corrected chi connectivity index (χ0v) is 16.1. The molecule has 0 saturated heterocycles. The van der Waals surface area contributed by atoms with Gasteiger partial charge in [0.15, 0.2) is 0 Å². The highest BCUT2D eigenvalue weighted by Crippen LogP contribution is 2.67. The standard InChI is InChI=1S/C23H36O/c1-14(2)18-6-7-19-17-12-15(3)21-13-16(24)8-10-23(21,5)20(17)9-11-22(18,19)4/h6,15-17,19-21,24H,1,7-13H2,2-5H3/t15?,16-,17?,19?,20?,21?,22+,23?/m0/s1. The van der Waals surface area contributed by atoms with Crippen LogP contribution in [0.25, 0.3) is 0 Å². The predicted octanol–water partition coefficient (Wildman–Crippen LogP) is 5.75. The second kappa shape index (κ2) is 5.47. The molecule has 0 radical (unpaired) electrons. The molecular formula is C23H36O. The maximum Gasteiger partial charge on any atom is 0.0543 e. The minimum absolute atomic E-state index is 0.0425. The van der Waals surface area contributed by atoms with E-state index in [2.05, 4.69) is 40.3 Å². The van der Waals surface area contributed by atoms with Crippen LogP contribution in [0.15, 0.2) is 23.8 Å². The Morgan fingerprint density at radius 3 is 2.58 bits per heavy atom. The third-order valence-corrected chi connectivity index (χ3v) is 9.04. The van der Waals surface area contributed by atoms with Gasteiger partial charge in [-0.25, -0.2) is 0 Å². The first-order valence-corrected chi connectivity index (χ1v) is 10.3. The number of aliphatic hydroxyl groups excluding tert-OH is 1. The Kier molecular flexibility index (Phi) is 3.85. The van der Waals surface area contributed by atoms with E-state index in [9.17, 15) is 5.11 Å². The van der Waals surface area contributed by atoms with Gasteiger partial charge >= 0.3 is 0 Å². The molecule has 0 amide bonds. The molecule has 0 aliphatic heterocycles. The van der Waals surface area contributed by atoms with Gasteiger partial charge in [-0.1, -0.05) is 39.0 Å². The maximum absolute atomic E-state index is 10.2. The average Bonchev–Trinajstić information content (AvgIpc) is 2.87. The van der Waals surface area contributed by atoms with E-state index in [0.717, 1.165) is 42.4 Å². The van der Waals surface area contributed by atoms with Crippen molar-refractivity contribution in [3.63, 3.8) is 0 Å². The third-order valence-electron chi connectivity index (χ3n) is 9.04. The predicted molar refractivity (Wildman–Crippen MR) is 101 cm³/mol. The highest BCUT2D eigenvalue weighted by atomic mass is 16.3. The lowest BCUT2D eigenvalue weighted by molar-refractivity contribution is -0.139. The molecule has 0 aromatic rings. The van der Waals surface area contributed by atoms with E-state index >= 15 is 0 Å². The van der Waals surface area contributed by atoms with Gasteiger partial charge in [-0.3, -0.25) is 0 Å². The molecule has 1 N–H and O–H groups in total. The van der Waals surface area contributed by atoms with Gasteiger partial charge in [-0.05, 0) is 97.9 Å². The van der Waals surface area contributed by atoms with Gasteiger partial charge in [-0.2, -0.15) is 0 Å². The normalized spacial score (nSPS) is 53.6. The Balaban J connectivity index is 1.66. The van der Waals surface area contributed by atoms with Crippen molar-refractivity contribution in [2.45, 2.75) is 78.7 Å². The van der Waals surface area contributed by atoms with Crippen molar-refractivity contribution in [3.8, 4) is 0 Å². The number of hydrogen-bond donors (Lipinski definition) is 1. The van der Waals surface area contributed by atoms with E-state index in [1.165, 1.54) is 37.7 Å². The van der Waals surface area contributed by atoms with E-state index in [1.54, 1.807) is 5.57 Å². The van der Waals surface area contributed by atoms with Crippen molar-refractivity contribution < 1.29 is 5.11 Å². The smallest absolute Gasteiger partial charge is 0.0543 e. The van der Waals surface area contributed by atoms with Crippen molar-refractivity contribution in [1.29, 1.82) is 0 Å². The first-order chi connectivity index (χ1) is 11.3. The van der Waals surface area contributed by atoms with Crippen molar-refractivity contribution in [2.75, 3.05) is 0 Å². The summed E-state index contributed by atoms with van der Waals surface area (Å²) in [7, 11) is 0. The Morgan fingerprint density at radius 2 is 1.88 bits per heavy atom. The van der Waals surface area contributed by atoms with E-state index < -0.39 is 0 Å². The molecule has 134 valence electrons. The van der Waals surface area contributed by atoms with Gasteiger partial charge in [0.2, 0.25) is 0 Å². The van der Waals surface area contributed by atoms with Crippen LogP contribution in [0, 0.1) is 40.4 Å². The van der Waals surface area contributed by atoms with Gasteiger partial charge in [0.25, 0.3) is 0 Å². The van der Waals surface area contributed by atoms with Crippen molar-refractivity contribution in [3.05, 3.63) is 23.8 Å².